The van der Waals surface area contributed by atoms with E-state index >= 15 is 0 Å². The topological polar surface area (TPSA) is 66.0 Å². The molecule has 2 aliphatic rings. The van der Waals surface area contributed by atoms with Crippen molar-refractivity contribution in [3.63, 3.8) is 0 Å². The van der Waals surface area contributed by atoms with E-state index in [0.29, 0.717) is 36.0 Å². The molecule has 1 fully saturated rings. The molecule has 0 radical (unpaired) electrons. The average Bonchev–Trinajstić information content (AvgIpc) is 2.97. The van der Waals surface area contributed by atoms with Crippen LogP contribution < -0.4 is 14.5 Å². The summed E-state index contributed by atoms with van der Waals surface area (Å²) in [7, 11) is 0. The van der Waals surface area contributed by atoms with Gasteiger partial charge in [-0.3, -0.25) is 9.59 Å². The number of piperazine rings is 1. The third kappa shape index (κ3) is 4.26. The predicted molar refractivity (Wildman–Crippen MR) is 127 cm³/mol. The number of hydrogen-bond donors (Lipinski definition) is 0. The molecule has 3 heterocycles. The Kier molecular flexibility index (Phi) is 5.69. The first kappa shape index (κ1) is 21.0. The van der Waals surface area contributed by atoms with Gasteiger partial charge in [0.15, 0.2) is 5.75 Å². The molecule has 0 bridgehead atoms. The van der Waals surface area contributed by atoms with E-state index in [-0.39, 0.29) is 24.8 Å². The van der Waals surface area contributed by atoms with Crippen LogP contribution in [-0.4, -0.2) is 54.4 Å². The van der Waals surface area contributed by atoms with Gasteiger partial charge in [0.05, 0.1) is 5.69 Å². The number of carbonyl (C=O) groups excluding carboxylic acids is 2. The van der Waals surface area contributed by atoms with Crippen molar-refractivity contribution in [1.29, 1.82) is 0 Å². The number of hydrogen-bond acceptors (Lipinski definition) is 5. The summed E-state index contributed by atoms with van der Waals surface area (Å²) in [6.45, 7) is 5.20. The minimum atomic E-state index is -0.204. The summed E-state index contributed by atoms with van der Waals surface area (Å²) in [5.41, 5.74) is 3.26. The maximum atomic E-state index is 13.4. The van der Waals surface area contributed by atoms with Gasteiger partial charge in [-0.25, -0.2) is 4.98 Å². The quantitative estimate of drug-likeness (QED) is 0.614. The molecule has 0 atom stereocenters. The first-order valence-electron chi connectivity index (χ1n) is 11.2. The van der Waals surface area contributed by atoms with Crippen LogP contribution in [0.1, 0.15) is 22.3 Å². The molecule has 0 saturated carbocycles. The van der Waals surface area contributed by atoms with Crippen LogP contribution in [0.3, 0.4) is 0 Å². The summed E-state index contributed by atoms with van der Waals surface area (Å²) in [5.74, 6) is 0.708. The molecule has 2 amide bonds. The summed E-state index contributed by atoms with van der Waals surface area (Å²) in [4.78, 5) is 36.5. The van der Waals surface area contributed by atoms with Gasteiger partial charge in [0.25, 0.3) is 5.91 Å². The number of nitrogens with zero attached hydrogens (tertiary/aromatic N) is 4. The number of pyridine rings is 1. The Labute approximate surface area is 193 Å². The molecule has 168 valence electrons. The number of rotatable bonds is 4. The van der Waals surface area contributed by atoms with Crippen molar-refractivity contribution in [2.75, 3.05) is 42.5 Å². The van der Waals surface area contributed by atoms with Crippen molar-refractivity contribution < 1.29 is 14.3 Å². The van der Waals surface area contributed by atoms with Gasteiger partial charge in [0.1, 0.15) is 5.56 Å². The Morgan fingerprint density at radius 2 is 1.79 bits per heavy atom. The fraction of sp³-hybridized carbons (Fsp3) is 0.269. The van der Waals surface area contributed by atoms with Gasteiger partial charge in [0, 0.05) is 51.0 Å². The molecule has 0 aliphatic carbocycles. The molecule has 5 rings (SSSR count). The van der Waals surface area contributed by atoms with Crippen LogP contribution >= 0.6 is 0 Å². The zero-order valence-corrected chi connectivity index (χ0v) is 18.6. The first-order valence-corrected chi connectivity index (χ1v) is 11.2. The molecule has 2 aromatic carbocycles. The van der Waals surface area contributed by atoms with E-state index in [1.54, 1.807) is 23.2 Å². The Morgan fingerprint density at radius 1 is 1.00 bits per heavy atom. The van der Waals surface area contributed by atoms with Crippen molar-refractivity contribution in [2.24, 2.45) is 0 Å². The van der Waals surface area contributed by atoms with Crippen LogP contribution in [0.5, 0.6) is 11.6 Å². The van der Waals surface area contributed by atoms with Gasteiger partial charge in [-0.1, -0.05) is 24.3 Å². The molecule has 2 aliphatic heterocycles. The summed E-state index contributed by atoms with van der Waals surface area (Å²) in [6.07, 6.45) is 1.86. The van der Waals surface area contributed by atoms with Gasteiger partial charge < -0.3 is 19.4 Å². The van der Waals surface area contributed by atoms with Crippen molar-refractivity contribution >= 4 is 23.2 Å². The highest BCUT2D eigenvalue weighted by molar-refractivity contribution is 6.09. The van der Waals surface area contributed by atoms with E-state index in [0.717, 1.165) is 18.7 Å². The highest BCUT2D eigenvalue weighted by Crippen LogP contribution is 2.38. The number of aromatic nitrogens is 1. The summed E-state index contributed by atoms with van der Waals surface area (Å²) >= 11 is 0. The zero-order valence-electron chi connectivity index (χ0n) is 18.6. The van der Waals surface area contributed by atoms with Crippen molar-refractivity contribution in [3.8, 4) is 11.6 Å². The van der Waals surface area contributed by atoms with Crippen LogP contribution in [0.15, 0.2) is 66.9 Å². The third-order valence-electron chi connectivity index (χ3n) is 6.16. The summed E-state index contributed by atoms with van der Waals surface area (Å²) in [6, 6.07) is 19.4. The number of amides is 2. The molecule has 0 spiro atoms. The van der Waals surface area contributed by atoms with Gasteiger partial charge in [-0.05, 0) is 48.9 Å². The summed E-state index contributed by atoms with van der Waals surface area (Å²) in [5, 5.41) is 0. The van der Waals surface area contributed by atoms with E-state index in [4.69, 9.17) is 4.74 Å². The van der Waals surface area contributed by atoms with Crippen molar-refractivity contribution in [2.45, 2.75) is 13.3 Å². The Hall–Kier alpha value is -3.87. The second-order valence-electron chi connectivity index (χ2n) is 8.34. The lowest BCUT2D eigenvalue weighted by molar-refractivity contribution is -0.131. The Balaban J connectivity index is 1.29. The number of fused-ring (bicyclic) bond motifs is 2. The number of para-hydroxylation sites is 1. The lowest BCUT2D eigenvalue weighted by Gasteiger charge is -2.36. The number of aryl methyl sites for hydroxylation is 1. The SMILES string of the molecule is Cc1ccc2c(c1)N(CCC(=O)N1CCN(c3ccccc3)CC1)C(=O)c1cccnc1O2. The number of carbonyl (C=O) groups is 2. The van der Waals surface area contributed by atoms with Crippen LogP contribution in [0, 0.1) is 6.92 Å². The van der Waals surface area contributed by atoms with Crippen LogP contribution in [0.4, 0.5) is 11.4 Å². The molecule has 7 nitrogen and oxygen atoms in total. The average molecular weight is 443 g/mol. The molecule has 1 aromatic heterocycles. The van der Waals surface area contributed by atoms with E-state index < -0.39 is 0 Å². The fourth-order valence-electron chi connectivity index (χ4n) is 4.36. The molecule has 0 N–H and O–H groups in total. The molecular weight excluding hydrogens is 416 g/mol. The van der Waals surface area contributed by atoms with Crippen LogP contribution in [0.2, 0.25) is 0 Å². The monoisotopic (exact) mass is 442 g/mol. The van der Waals surface area contributed by atoms with Gasteiger partial charge >= 0.3 is 0 Å². The first-order chi connectivity index (χ1) is 16.1. The molecule has 3 aromatic rings. The molecule has 7 heteroatoms. The minimum absolute atomic E-state index is 0.0568. The van der Waals surface area contributed by atoms with Crippen LogP contribution in [0.25, 0.3) is 0 Å². The molecule has 33 heavy (non-hydrogen) atoms. The lowest BCUT2D eigenvalue weighted by atomic mass is 10.1. The normalized spacial score (nSPS) is 15.4. The molecule has 1 saturated heterocycles. The van der Waals surface area contributed by atoms with E-state index in [1.165, 1.54) is 5.69 Å². The van der Waals surface area contributed by atoms with E-state index in [2.05, 4.69) is 22.0 Å². The summed E-state index contributed by atoms with van der Waals surface area (Å²) < 4.78 is 5.96. The highest BCUT2D eigenvalue weighted by Gasteiger charge is 2.30. The van der Waals surface area contributed by atoms with E-state index in [1.807, 2.05) is 48.2 Å². The van der Waals surface area contributed by atoms with Crippen molar-refractivity contribution in [1.82, 2.24) is 9.88 Å². The van der Waals surface area contributed by atoms with E-state index in [9.17, 15) is 9.59 Å². The maximum absolute atomic E-state index is 13.4. The third-order valence-corrected chi connectivity index (χ3v) is 6.16. The predicted octanol–water partition coefficient (Wildman–Crippen LogP) is 3.88. The van der Waals surface area contributed by atoms with Crippen LogP contribution in [-0.2, 0) is 4.79 Å². The minimum Gasteiger partial charge on any atom is -0.436 e. The largest absolute Gasteiger partial charge is 0.436 e. The zero-order chi connectivity index (χ0) is 22.8. The lowest BCUT2D eigenvalue weighted by Crippen LogP contribution is -2.49. The maximum Gasteiger partial charge on any atom is 0.263 e. The Bertz CT molecular complexity index is 1170. The number of anilines is 2. The Morgan fingerprint density at radius 3 is 2.58 bits per heavy atom. The molecular formula is C26H26N4O3. The standard InChI is InChI=1S/C26H26N4O3/c1-19-9-10-23-22(18-19)30(26(32)21-8-5-12-27-25(21)33-23)13-11-24(31)29-16-14-28(15-17-29)20-6-3-2-4-7-20/h2-10,12,18H,11,13-17H2,1H3. The number of benzene rings is 2. The second kappa shape index (κ2) is 8.94. The van der Waals surface area contributed by atoms with Gasteiger partial charge in [0.2, 0.25) is 11.8 Å². The van der Waals surface area contributed by atoms with Crippen molar-refractivity contribution in [3.05, 3.63) is 78.0 Å². The second-order valence-corrected chi connectivity index (χ2v) is 8.34. The highest BCUT2D eigenvalue weighted by atomic mass is 16.5. The van der Waals surface area contributed by atoms with Gasteiger partial charge in [-0.15, -0.1) is 0 Å². The van der Waals surface area contributed by atoms with Gasteiger partial charge in [-0.2, -0.15) is 0 Å². The molecule has 0 unspecified atom stereocenters. The fourth-order valence-corrected chi connectivity index (χ4v) is 4.36. The smallest absolute Gasteiger partial charge is 0.263 e. The number of ether oxygens (including phenoxy) is 1.